The normalized spacial score (nSPS) is 13.6. The van der Waals surface area contributed by atoms with Crippen LogP contribution in [0.4, 0.5) is 0 Å². The molecule has 0 saturated carbocycles. The van der Waals surface area contributed by atoms with E-state index in [9.17, 15) is 4.79 Å². The van der Waals surface area contributed by atoms with Crippen LogP contribution >= 0.6 is 24.8 Å². The second-order valence-corrected chi connectivity index (χ2v) is 5.85. The summed E-state index contributed by atoms with van der Waals surface area (Å²) in [5.74, 6) is 0.236. The molecule has 0 radical (unpaired) electrons. The molecule has 2 atom stereocenters. The minimum absolute atomic E-state index is 0. The van der Waals surface area contributed by atoms with Crippen LogP contribution in [0.15, 0.2) is 48.5 Å². The minimum atomic E-state index is -1.29. The van der Waals surface area contributed by atoms with Crippen LogP contribution in [0.25, 0.3) is 0 Å². The number of primary amides is 1. The molecule has 0 aliphatic heterocycles. The molecule has 7 heteroatoms. The third-order valence-electron chi connectivity index (χ3n) is 4.10. The molecular formula is C18H25Cl2N3O2. The number of nitrogens with two attached hydrogens (primary N) is 3. The highest BCUT2D eigenvalue weighted by Crippen LogP contribution is 2.24. The summed E-state index contributed by atoms with van der Waals surface area (Å²) in [6, 6.07) is 14.9. The van der Waals surface area contributed by atoms with Crippen molar-refractivity contribution in [2.45, 2.75) is 24.9 Å². The van der Waals surface area contributed by atoms with Crippen LogP contribution in [-0.2, 0) is 11.2 Å². The Bertz CT molecular complexity index is 691. The van der Waals surface area contributed by atoms with Crippen LogP contribution in [0.1, 0.15) is 29.7 Å². The van der Waals surface area contributed by atoms with E-state index in [2.05, 4.69) is 0 Å². The van der Waals surface area contributed by atoms with Gasteiger partial charge in [-0.25, -0.2) is 0 Å². The van der Waals surface area contributed by atoms with Gasteiger partial charge in [-0.3, -0.25) is 4.79 Å². The maximum absolute atomic E-state index is 11.4. The zero-order valence-corrected chi connectivity index (χ0v) is 15.9. The van der Waals surface area contributed by atoms with Crippen molar-refractivity contribution >= 4 is 30.7 Å². The van der Waals surface area contributed by atoms with Crippen molar-refractivity contribution in [3.8, 4) is 5.75 Å². The predicted molar refractivity (Wildman–Crippen MR) is 105 cm³/mol. The first kappa shape index (κ1) is 23.2. The first-order valence-electron chi connectivity index (χ1n) is 7.41. The van der Waals surface area contributed by atoms with Gasteiger partial charge in [0, 0.05) is 6.42 Å². The zero-order valence-electron chi connectivity index (χ0n) is 14.3. The fraction of sp³-hybridized carbons (Fsp3) is 0.278. The Morgan fingerprint density at radius 2 is 1.68 bits per heavy atom. The van der Waals surface area contributed by atoms with Crippen LogP contribution < -0.4 is 21.9 Å². The molecule has 0 aromatic heterocycles. The molecule has 0 heterocycles. The Morgan fingerprint density at radius 3 is 2.20 bits per heavy atom. The third-order valence-corrected chi connectivity index (χ3v) is 4.10. The van der Waals surface area contributed by atoms with Gasteiger partial charge in [-0.15, -0.1) is 24.8 Å². The molecule has 1 amide bonds. The van der Waals surface area contributed by atoms with Gasteiger partial charge in [0.25, 0.3) is 0 Å². The van der Waals surface area contributed by atoms with E-state index in [0.717, 1.165) is 28.9 Å². The van der Waals surface area contributed by atoms with Gasteiger partial charge in [0.1, 0.15) is 11.3 Å². The number of methoxy groups -OCH3 is 1. The number of carbonyl (C=O) groups excluding carboxylic acids is 1. The maximum Gasteiger partial charge on any atom is 0.239 e. The smallest absolute Gasteiger partial charge is 0.239 e. The number of carbonyl (C=O) groups is 1. The molecule has 25 heavy (non-hydrogen) atoms. The van der Waals surface area contributed by atoms with Crippen molar-refractivity contribution in [1.82, 2.24) is 0 Å². The molecule has 6 N–H and O–H groups in total. The molecule has 0 fully saturated rings. The van der Waals surface area contributed by atoms with E-state index in [1.54, 1.807) is 14.0 Å². The van der Waals surface area contributed by atoms with Crippen LogP contribution in [-0.4, -0.2) is 18.6 Å². The molecule has 0 aliphatic rings. The Morgan fingerprint density at radius 1 is 1.12 bits per heavy atom. The summed E-state index contributed by atoms with van der Waals surface area (Å²) in [5.41, 5.74) is 19.0. The average molecular weight is 386 g/mol. The molecule has 2 rings (SSSR count). The van der Waals surface area contributed by atoms with E-state index in [0.29, 0.717) is 0 Å². The number of rotatable bonds is 6. The molecule has 0 aliphatic carbocycles. The van der Waals surface area contributed by atoms with E-state index in [-0.39, 0.29) is 24.8 Å². The molecule has 0 bridgehead atoms. The van der Waals surface area contributed by atoms with Gasteiger partial charge in [0.2, 0.25) is 5.91 Å². The summed E-state index contributed by atoms with van der Waals surface area (Å²) < 4.78 is 5.36. The molecule has 138 valence electrons. The summed E-state index contributed by atoms with van der Waals surface area (Å²) in [7, 11) is 1.66. The largest absolute Gasteiger partial charge is 0.496 e. The lowest BCUT2D eigenvalue weighted by molar-refractivity contribution is -0.123. The number of para-hydroxylation sites is 1. The van der Waals surface area contributed by atoms with Gasteiger partial charge in [-0.1, -0.05) is 42.5 Å². The highest BCUT2D eigenvalue weighted by molar-refractivity contribution is 5.86. The molecule has 2 unspecified atom stereocenters. The van der Waals surface area contributed by atoms with Crippen LogP contribution in [0, 0.1) is 0 Å². The molecule has 2 aromatic rings. The van der Waals surface area contributed by atoms with Crippen molar-refractivity contribution in [3.05, 3.63) is 65.2 Å². The van der Waals surface area contributed by atoms with Crippen molar-refractivity contribution in [2.24, 2.45) is 17.2 Å². The Labute approximate surface area is 160 Å². The second-order valence-electron chi connectivity index (χ2n) is 5.85. The van der Waals surface area contributed by atoms with Gasteiger partial charge in [0.05, 0.1) is 13.2 Å². The quantitative estimate of drug-likeness (QED) is 0.709. The number of hydrogen-bond donors (Lipinski definition) is 3. The lowest BCUT2D eigenvalue weighted by atomic mass is 9.87. The van der Waals surface area contributed by atoms with Gasteiger partial charge >= 0.3 is 0 Å². The van der Waals surface area contributed by atoms with Crippen LogP contribution in [0.3, 0.4) is 0 Å². The Hall–Kier alpha value is -1.79. The number of hydrogen-bond acceptors (Lipinski definition) is 4. The van der Waals surface area contributed by atoms with E-state index in [1.807, 2.05) is 48.5 Å². The Kier molecular flexibility index (Phi) is 8.94. The van der Waals surface area contributed by atoms with Crippen molar-refractivity contribution < 1.29 is 9.53 Å². The lowest BCUT2D eigenvalue weighted by Crippen LogP contribution is -2.56. The van der Waals surface area contributed by atoms with Crippen molar-refractivity contribution in [1.29, 1.82) is 0 Å². The summed E-state index contributed by atoms with van der Waals surface area (Å²) in [6.45, 7) is 1.54. The molecule has 0 spiro atoms. The van der Waals surface area contributed by atoms with E-state index in [1.165, 1.54) is 0 Å². The van der Waals surface area contributed by atoms with Crippen molar-refractivity contribution in [3.63, 3.8) is 0 Å². The first-order chi connectivity index (χ1) is 10.9. The lowest BCUT2D eigenvalue weighted by Gasteiger charge is -2.28. The van der Waals surface area contributed by atoms with E-state index >= 15 is 0 Å². The highest BCUT2D eigenvalue weighted by Gasteiger charge is 2.34. The van der Waals surface area contributed by atoms with E-state index in [4.69, 9.17) is 21.9 Å². The maximum atomic E-state index is 11.4. The van der Waals surface area contributed by atoms with E-state index < -0.39 is 17.5 Å². The molecule has 0 saturated heterocycles. The monoisotopic (exact) mass is 385 g/mol. The van der Waals surface area contributed by atoms with Gasteiger partial charge in [-0.2, -0.15) is 0 Å². The van der Waals surface area contributed by atoms with Crippen LogP contribution in [0.2, 0.25) is 0 Å². The second kappa shape index (κ2) is 9.63. The predicted octanol–water partition coefficient (Wildman–Crippen LogP) is 2.33. The fourth-order valence-corrected chi connectivity index (χ4v) is 2.41. The standard InChI is InChI=1S/C18H23N3O2.2ClH/c1-18(21,17(20)22)16(19)13-9-7-12(8-10-13)11-14-5-3-4-6-15(14)23-2;;/h3-10,16H,11,19,21H2,1-2H3,(H2,20,22);2*1H. The molecule has 2 aromatic carbocycles. The summed E-state index contributed by atoms with van der Waals surface area (Å²) in [4.78, 5) is 11.4. The van der Waals surface area contributed by atoms with Crippen molar-refractivity contribution in [2.75, 3.05) is 7.11 Å². The fourth-order valence-electron chi connectivity index (χ4n) is 2.41. The molecule has 5 nitrogen and oxygen atoms in total. The highest BCUT2D eigenvalue weighted by atomic mass is 35.5. The van der Waals surface area contributed by atoms with Gasteiger partial charge < -0.3 is 21.9 Å². The number of ether oxygens (including phenoxy) is 1. The third kappa shape index (κ3) is 5.34. The number of amides is 1. The SMILES string of the molecule is COc1ccccc1Cc1ccc(C(N)C(C)(N)C(N)=O)cc1.Cl.Cl. The first-order valence-corrected chi connectivity index (χ1v) is 7.41. The Balaban J connectivity index is 0.00000288. The zero-order chi connectivity index (χ0) is 17.0. The number of halogens is 2. The minimum Gasteiger partial charge on any atom is -0.496 e. The average Bonchev–Trinajstić information content (AvgIpc) is 2.55. The van der Waals surface area contributed by atoms with Gasteiger partial charge in [0.15, 0.2) is 0 Å². The summed E-state index contributed by atoms with van der Waals surface area (Å²) in [5, 5.41) is 0. The number of benzene rings is 2. The summed E-state index contributed by atoms with van der Waals surface area (Å²) in [6.07, 6.45) is 0.745. The molecular weight excluding hydrogens is 361 g/mol. The summed E-state index contributed by atoms with van der Waals surface area (Å²) >= 11 is 0. The van der Waals surface area contributed by atoms with Crippen LogP contribution in [0.5, 0.6) is 5.75 Å². The van der Waals surface area contributed by atoms with Gasteiger partial charge in [-0.05, 0) is 29.7 Å². The topological polar surface area (TPSA) is 104 Å².